The van der Waals surface area contributed by atoms with Gasteiger partial charge in [-0.1, -0.05) is 0 Å². The largest absolute Gasteiger partial charge is 0.496 e. The maximum Gasteiger partial charge on any atom is 0.255 e. The molecule has 0 atom stereocenters. The highest BCUT2D eigenvalue weighted by Gasteiger charge is 2.13. The van der Waals surface area contributed by atoms with E-state index in [2.05, 4.69) is 5.32 Å². The Labute approximate surface area is 134 Å². The number of carbonyl (C=O) groups is 1. The molecule has 22 heavy (non-hydrogen) atoms. The van der Waals surface area contributed by atoms with Crippen LogP contribution in [0, 0.1) is 6.92 Å². The molecule has 0 spiro atoms. The van der Waals surface area contributed by atoms with Crippen molar-refractivity contribution in [2.45, 2.75) is 11.8 Å². The first-order valence-corrected chi connectivity index (χ1v) is 7.99. The highest BCUT2D eigenvalue weighted by Crippen LogP contribution is 2.29. The van der Waals surface area contributed by atoms with Crippen LogP contribution in [0.5, 0.6) is 11.5 Å². The van der Waals surface area contributed by atoms with Crippen molar-refractivity contribution in [3.05, 3.63) is 47.5 Å². The number of benzene rings is 2. The van der Waals surface area contributed by atoms with Crippen LogP contribution < -0.4 is 14.8 Å². The van der Waals surface area contributed by atoms with Crippen molar-refractivity contribution in [1.29, 1.82) is 0 Å². The van der Waals surface area contributed by atoms with E-state index in [0.29, 0.717) is 17.1 Å². The molecule has 4 nitrogen and oxygen atoms in total. The van der Waals surface area contributed by atoms with E-state index in [-0.39, 0.29) is 5.91 Å². The third-order valence-corrected chi connectivity index (χ3v) is 4.11. The minimum atomic E-state index is -0.200. The minimum absolute atomic E-state index is 0.200. The number of hydrogen-bond donors (Lipinski definition) is 1. The molecule has 116 valence electrons. The summed E-state index contributed by atoms with van der Waals surface area (Å²) >= 11 is 1.66. The lowest BCUT2D eigenvalue weighted by molar-refractivity contribution is 0.102. The van der Waals surface area contributed by atoms with Crippen LogP contribution in [0.4, 0.5) is 5.69 Å². The average Bonchev–Trinajstić information content (AvgIpc) is 2.55. The average molecular weight is 317 g/mol. The summed E-state index contributed by atoms with van der Waals surface area (Å²) in [6.07, 6.45) is 2.01. The van der Waals surface area contributed by atoms with Crippen molar-refractivity contribution >= 4 is 23.4 Å². The summed E-state index contributed by atoms with van der Waals surface area (Å²) in [7, 11) is 3.15. The number of methoxy groups -OCH3 is 2. The number of hydrogen-bond acceptors (Lipinski definition) is 4. The Hall–Kier alpha value is -2.14. The van der Waals surface area contributed by atoms with Crippen LogP contribution in [0.3, 0.4) is 0 Å². The van der Waals surface area contributed by atoms with Gasteiger partial charge in [0.2, 0.25) is 0 Å². The Balaban J connectivity index is 2.24. The van der Waals surface area contributed by atoms with Crippen LogP contribution in [0.1, 0.15) is 15.9 Å². The smallest absolute Gasteiger partial charge is 0.255 e. The van der Waals surface area contributed by atoms with E-state index in [9.17, 15) is 4.79 Å². The first kappa shape index (κ1) is 16.2. The second-order valence-electron chi connectivity index (χ2n) is 4.69. The number of rotatable bonds is 5. The fourth-order valence-electron chi connectivity index (χ4n) is 2.09. The van der Waals surface area contributed by atoms with E-state index in [4.69, 9.17) is 9.47 Å². The Bertz CT molecular complexity index is 643. The Morgan fingerprint density at radius 2 is 1.59 bits per heavy atom. The van der Waals surface area contributed by atoms with Crippen LogP contribution in [0.2, 0.25) is 0 Å². The molecule has 0 aromatic heterocycles. The van der Waals surface area contributed by atoms with Gasteiger partial charge in [-0.25, -0.2) is 0 Å². The monoisotopic (exact) mass is 317 g/mol. The normalized spacial score (nSPS) is 10.2. The van der Waals surface area contributed by atoms with Crippen LogP contribution >= 0.6 is 11.8 Å². The molecule has 0 fully saturated rings. The van der Waals surface area contributed by atoms with Gasteiger partial charge in [0.05, 0.1) is 14.2 Å². The number of amides is 1. The summed E-state index contributed by atoms with van der Waals surface area (Å²) in [6, 6.07) is 11.1. The first-order chi connectivity index (χ1) is 10.6. The molecule has 0 aliphatic carbocycles. The van der Waals surface area contributed by atoms with Gasteiger partial charge >= 0.3 is 0 Å². The van der Waals surface area contributed by atoms with Crippen LogP contribution in [0.25, 0.3) is 0 Å². The Morgan fingerprint density at radius 1 is 1.05 bits per heavy atom. The van der Waals surface area contributed by atoms with Gasteiger partial charge in [-0.15, -0.1) is 11.8 Å². The summed E-state index contributed by atoms with van der Waals surface area (Å²) in [6.45, 7) is 1.89. The van der Waals surface area contributed by atoms with E-state index in [1.165, 1.54) is 0 Å². The van der Waals surface area contributed by atoms with E-state index < -0.39 is 0 Å². The Morgan fingerprint density at radius 3 is 2.05 bits per heavy atom. The number of ether oxygens (including phenoxy) is 2. The fourth-order valence-corrected chi connectivity index (χ4v) is 2.50. The van der Waals surface area contributed by atoms with Crippen molar-refractivity contribution in [2.75, 3.05) is 25.8 Å². The number of thioether (sulfide) groups is 1. The number of anilines is 1. The predicted molar refractivity (Wildman–Crippen MR) is 90.5 cm³/mol. The Kier molecular flexibility index (Phi) is 5.33. The molecule has 0 unspecified atom stereocenters. The lowest BCUT2D eigenvalue weighted by Gasteiger charge is -2.13. The van der Waals surface area contributed by atoms with E-state index >= 15 is 0 Å². The van der Waals surface area contributed by atoms with Gasteiger partial charge in [-0.3, -0.25) is 4.79 Å². The van der Waals surface area contributed by atoms with Crippen LogP contribution in [-0.2, 0) is 0 Å². The standard InChI is InChI=1S/C17H19NO3S/c1-11-15(20-2)9-12(10-16(11)21-3)17(19)18-13-5-7-14(22-4)8-6-13/h5-10H,1-4H3,(H,18,19). The van der Waals surface area contributed by atoms with Gasteiger partial charge in [0.15, 0.2) is 0 Å². The molecule has 5 heteroatoms. The molecule has 1 N–H and O–H groups in total. The van der Waals surface area contributed by atoms with E-state index in [1.54, 1.807) is 38.1 Å². The van der Waals surface area contributed by atoms with Gasteiger partial charge in [0.25, 0.3) is 5.91 Å². The summed E-state index contributed by atoms with van der Waals surface area (Å²) in [5, 5.41) is 2.87. The summed E-state index contributed by atoms with van der Waals surface area (Å²) in [5.74, 6) is 1.05. The number of carbonyl (C=O) groups excluding carboxylic acids is 1. The molecule has 0 saturated heterocycles. The van der Waals surface area contributed by atoms with Crippen LogP contribution in [-0.4, -0.2) is 26.4 Å². The third-order valence-electron chi connectivity index (χ3n) is 3.36. The van der Waals surface area contributed by atoms with E-state index in [1.807, 2.05) is 37.4 Å². The van der Waals surface area contributed by atoms with Gasteiger partial charge in [0, 0.05) is 21.7 Å². The molecule has 2 aromatic carbocycles. The zero-order valence-electron chi connectivity index (χ0n) is 13.1. The van der Waals surface area contributed by atoms with Gasteiger partial charge in [0.1, 0.15) is 11.5 Å². The maximum absolute atomic E-state index is 12.4. The summed E-state index contributed by atoms with van der Waals surface area (Å²) in [5.41, 5.74) is 2.11. The maximum atomic E-state index is 12.4. The highest BCUT2D eigenvalue weighted by atomic mass is 32.2. The van der Waals surface area contributed by atoms with Crippen molar-refractivity contribution in [3.63, 3.8) is 0 Å². The van der Waals surface area contributed by atoms with Gasteiger partial charge < -0.3 is 14.8 Å². The van der Waals surface area contributed by atoms with Crippen molar-refractivity contribution in [3.8, 4) is 11.5 Å². The molecule has 0 radical (unpaired) electrons. The minimum Gasteiger partial charge on any atom is -0.496 e. The zero-order valence-corrected chi connectivity index (χ0v) is 13.9. The molecule has 0 bridgehead atoms. The van der Waals surface area contributed by atoms with E-state index in [0.717, 1.165) is 16.1 Å². The zero-order chi connectivity index (χ0) is 16.1. The molecular weight excluding hydrogens is 298 g/mol. The lowest BCUT2D eigenvalue weighted by Crippen LogP contribution is -2.12. The molecule has 1 amide bonds. The molecule has 0 saturated carbocycles. The third kappa shape index (κ3) is 3.54. The lowest BCUT2D eigenvalue weighted by atomic mass is 10.1. The molecule has 0 aliphatic rings. The summed E-state index contributed by atoms with van der Waals surface area (Å²) < 4.78 is 10.6. The van der Waals surface area contributed by atoms with Crippen molar-refractivity contribution in [2.24, 2.45) is 0 Å². The molecule has 0 aliphatic heterocycles. The van der Waals surface area contributed by atoms with Gasteiger partial charge in [-0.2, -0.15) is 0 Å². The SMILES string of the molecule is COc1cc(C(=O)Nc2ccc(SC)cc2)cc(OC)c1C. The quantitative estimate of drug-likeness (QED) is 0.847. The summed E-state index contributed by atoms with van der Waals surface area (Å²) in [4.78, 5) is 13.5. The second kappa shape index (κ2) is 7.22. The van der Waals surface area contributed by atoms with Crippen LogP contribution in [0.15, 0.2) is 41.3 Å². The predicted octanol–water partition coefficient (Wildman–Crippen LogP) is 3.99. The topological polar surface area (TPSA) is 47.6 Å². The fraction of sp³-hybridized carbons (Fsp3) is 0.235. The highest BCUT2D eigenvalue weighted by molar-refractivity contribution is 7.98. The van der Waals surface area contributed by atoms with Crippen molar-refractivity contribution < 1.29 is 14.3 Å². The first-order valence-electron chi connectivity index (χ1n) is 6.77. The van der Waals surface area contributed by atoms with Crippen molar-refractivity contribution in [1.82, 2.24) is 0 Å². The molecule has 0 heterocycles. The molecule has 2 aromatic rings. The molecule has 2 rings (SSSR count). The molecular formula is C17H19NO3S. The van der Waals surface area contributed by atoms with Gasteiger partial charge in [-0.05, 0) is 49.6 Å². The second-order valence-corrected chi connectivity index (χ2v) is 5.57. The number of nitrogens with one attached hydrogen (secondary N) is 1.